The molecule has 0 radical (unpaired) electrons. The van der Waals surface area contributed by atoms with Gasteiger partial charge in [-0.1, -0.05) is 36.4 Å². The number of amides is 2. The molecular weight excluding hydrogens is 352 g/mol. The van der Waals surface area contributed by atoms with Crippen molar-refractivity contribution in [2.75, 3.05) is 25.0 Å². The first-order valence-corrected chi connectivity index (χ1v) is 8.64. The van der Waals surface area contributed by atoms with Crippen LogP contribution in [0.1, 0.15) is 22.0 Å². The molecular formula is C20H19ClN2O3. The maximum Gasteiger partial charge on any atom is 0.254 e. The van der Waals surface area contributed by atoms with Crippen molar-refractivity contribution in [2.24, 2.45) is 0 Å². The van der Waals surface area contributed by atoms with Gasteiger partial charge in [0.1, 0.15) is 6.10 Å². The molecule has 0 unspecified atom stereocenters. The molecule has 1 aliphatic rings. The van der Waals surface area contributed by atoms with E-state index >= 15 is 0 Å². The summed E-state index contributed by atoms with van der Waals surface area (Å²) in [5.74, 6) is -0.411. The first-order valence-electron chi connectivity index (χ1n) is 8.26. The molecule has 2 aromatic carbocycles. The SMILES string of the molecule is C=CC(=O)Nc1cccc(C(=O)N2CCO[C@H](c3ccc(Cl)cc3)C2)c1. The second-order valence-corrected chi connectivity index (χ2v) is 6.37. The molecule has 1 heterocycles. The van der Waals surface area contributed by atoms with E-state index in [9.17, 15) is 9.59 Å². The number of hydrogen-bond acceptors (Lipinski definition) is 3. The summed E-state index contributed by atoms with van der Waals surface area (Å²) in [4.78, 5) is 26.1. The van der Waals surface area contributed by atoms with Crippen molar-refractivity contribution >= 4 is 29.1 Å². The Morgan fingerprint density at radius 1 is 1.23 bits per heavy atom. The van der Waals surface area contributed by atoms with Gasteiger partial charge < -0.3 is 15.0 Å². The molecule has 5 nitrogen and oxygen atoms in total. The zero-order chi connectivity index (χ0) is 18.5. The molecule has 0 aromatic heterocycles. The molecule has 134 valence electrons. The van der Waals surface area contributed by atoms with Crippen LogP contribution < -0.4 is 5.32 Å². The molecule has 1 saturated heterocycles. The number of hydrogen-bond donors (Lipinski definition) is 1. The fourth-order valence-corrected chi connectivity index (χ4v) is 2.94. The Balaban J connectivity index is 1.73. The second-order valence-electron chi connectivity index (χ2n) is 5.94. The average molecular weight is 371 g/mol. The highest BCUT2D eigenvalue weighted by Crippen LogP contribution is 2.25. The number of carbonyl (C=O) groups is 2. The van der Waals surface area contributed by atoms with Gasteiger partial charge in [0.15, 0.2) is 0 Å². The van der Waals surface area contributed by atoms with Crippen LogP contribution in [0.2, 0.25) is 5.02 Å². The van der Waals surface area contributed by atoms with Crippen molar-refractivity contribution in [2.45, 2.75) is 6.10 Å². The number of anilines is 1. The van der Waals surface area contributed by atoms with Crippen LogP contribution in [-0.4, -0.2) is 36.4 Å². The van der Waals surface area contributed by atoms with Crippen molar-refractivity contribution in [3.05, 3.63) is 77.3 Å². The number of carbonyl (C=O) groups excluding carboxylic acids is 2. The predicted octanol–water partition coefficient (Wildman–Crippen LogP) is 3.68. The Kier molecular flexibility index (Phi) is 5.71. The van der Waals surface area contributed by atoms with Crippen molar-refractivity contribution < 1.29 is 14.3 Å². The van der Waals surface area contributed by atoms with E-state index in [2.05, 4.69) is 11.9 Å². The maximum absolute atomic E-state index is 12.9. The van der Waals surface area contributed by atoms with Crippen LogP contribution in [0, 0.1) is 0 Å². The Bertz CT molecular complexity index is 820. The number of rotatable bonds is 4. The standard InChI is InChI=1S/C20H19ClN2O3/c1-2-19(24)22-17-5-3-4-15(12-17)20(25)23-10-11-26-18(13-23)14-6-8-16(21)9-7-14/h2-9,12,18H,1,10-11,13H2,(H,22,24)/t18-/m0/s1. The number of ether oxygens (including phenoxy) is 1. The van der Waals surface area contributed by atoms with E-state index in [0.717, 1.165) is 5.56 Å². The van der Waals surface area contributed by atoms with E-state index in [1.54, 1.807) is 29.2 Å². The minimum atomic E-state index is -0.316. The highest BCUT2D eigenvalue weighted by atomic mass is 35.5. The number of nitrogens with one attached hydrogen (secondary N) is 1. The van der Waals surface area contributed by atoms with Gasteiger partial charge >= 0.3 is 0 Å². The number of benzene rings is 2. The van der Waals surface area contributed by atoms with Crippen LogP contribution in [0.3, 0.4) is 0 Å². The third kappa shape index (κ3) is 4.31. The van der Waals surface area contributed by atoms with Gasteiger partial charge in [0.25, 0.3) is 5.91 Å². The van der Waals surface area contributed by atoms with Gasteiger partial charge in [0.05, 0.1) is 13.2 Å². The summed E-state index contributed by atoms with van der Waals surface area (Å²) in [6.07, 6.45) is 1.00. The minimum Gasteiger partial charge on any atom is -0.370 e. The molecule has 2 aromatic rings. The zero-order valence-electron chi connectivity index (χ0n) is 14.2. The summed E-state index contributed by atoms with van der Waals surface area (Å²) in [6, 6.07) is 14.3. The average Bonchev–Trinajstić information content (AvgIpc) is 2.68. The van der Waals surface area contributed by atoms with Gasteiger partial charge in [-0.2, -0.15) is 0 Å². The molecule has 0 aliphatic carbocycles. The smallest absolute Gasteiger partial charge is 0.254 e. The third-order valence-electron chi connectivity index (χ3n) is 4.16. The van der Waals surface area contributed by atoms with Gasteiger partial charge in [-0.25, -0.2) is 0 Å². The summed E-state index contributed by atoms with van der Waals surface area (Å²) < 4.78 is 5.81. The summed E-state index contributed by atoms with van der Waals surface area (Å²) in [5, 5.41) is 3.33. The Labute approximate surface area is 157 Å². The van der Waals surface area contributed by atoms with Crippen molar-refractivity contribution in [3.63, 3.8) is 0 Å². The van der Waals surface area contributed by atoms with E-state index in [4.69, 9.17) is 16.3 Å². The Morgan fingerprint density at radius 3 is 2.73 bits per heavy atom. The summed E-state index contributed by atoms with van der Waals surface area (Å²) in [6.45, 7) is 4.87. The number of nitrogens with zero attached hydrogens (tertiary/aromatic N) is 1. The van der Waals surface area contributed by atoms with E-state index in [1.165, 1.54) is 6.08 Å². The maximum atomic E-state index is 12.9. The van der Waals surface area contributed by atoms with Crippen LogP contribution in [0.15, 0.2) is 61.2 Å². The second kappa shape index (κ2) is 8.17. The highest BCUT2D eigenvalue weighted by molar-refractivity contribution is 6.30. The fraction of sp³-hybridized carbons (Fsp3) is 0.200. The van der Waals surface area contributed by atoms with Crippen LogP contribution in [0.5, 0.6) is 0 Å². The molecule has 0 saturated carbocycles. The quantitative estimate of drug-likeness (QED) is 0.835. The van der Waals surface area contributed by atoms with Crippen LogP contribution in [-0.2, 0) is 9.53 Å². The zero-order valence-corrected chi connectivity index (χ0v) is 14.9. The van der Waals surface area contributed by atoms with E-state index in [0.29, 0.717) is 36.0 Å². The van der Waals surface area contributed by atoms with Gasteiger partial charge in [0.2, 0.25) is 5.91 Å². The largest absolute Gasteiger partial charge is 0.370 e. The summed E-state index contributed by atoms with van der Waals surface area (Å²) in [7, 11) is 0. The van der Waals surface area contributed by atoms with E-state index in [1.807, 2.05) is 24.3 Å². The summed E-state index contributed by atoms with van der Waals surface area (Å²) in [5.41, 5.74) is 2.06. The van der Waals surface area contributed by atoms with E-state index < -0.39 is 0 Å². The molecule has 1 N–H and O–H groups in total. The number of morpholine rings is 1. The lowest BCUT2D eigenvalue weighted by atomic mass is 10.1. The molecule has 0 spiro atoms. The molecule has 1 atom stereocenters. The molecule has 2 amide bonds. The lowest BCUT2D eigenvalue weighted by Crippen LogP contribution is -2.42. The van der Waals surface area contributed by atoms with Crippen LogP contribution >= 0.6 is 11.6 Å². The predicted molar refractivity (Wildman–Crippen MR) is 101 cm³/mol. The monoisotopic (exact) mass is 370 g/mol. The van der Waals surface area contributed by atoms with Gasteiger partial charge in [-0.15, -0.1) is 0 Å². The minimum absolute atomic E-state index is 0.0954. The molecule has 6 heteroatoms. The Hall–Kier alpha value is -2.63. The molecule has 26 heavy (non-hydrogen) atoms. The van der Waals surface area contributed by atoms with Gasteiger partial charge in [-0.3, -0.25) is 9.59 Å². The van der Waals surface area contributed by atoms with Crippen LogP contribution in [0.4, 0.5) is 5.69 Å². The highest BCUT2D eigenvalue weighted by Gasteiger charge is 2.26. The molecule has 0 bridgehead atoms. The molecule has 1 fully saturated rings. The fourth-order valence-electron chi connectivity index (χ4n) is 2.82. The van der Waals surface area contributed by atoms with E-state index in [-0.39, 0.29) is 17.9 Å². The normalized spacial score (nSPS) is 16.8. The first-order chi connectivity index (χ1) is 12.6. The summed E-state index contributed by atoms with van der Waals surface area (Å²) >= 11 is 5.93. The molecule has 3 rings (SSSR count). The topological polar surface area (TPSA) is 58.6 Å². The first kappa shape index (κ1) is 18.2. The lowest BCUT2D eigenvalue weighted by Gasteiger charge is -2.33. The number of halogens is 1. The van der Waals surface area contributed by atoms with Crippen LogP contribution in [0.25, 0.3) is 0 Å². The third-order valence-corrected chi connectivity index (χ3v) is 4.41. The van der Waals surface area contributed by atoms with Crippen molar-refractivity contribution in [1.29, 1.82) is 0 Å². The lowest BCUT2D eigenvalue weighted by molar-refractivity contribution is -0.111. The van der Waals surface area contributed by atoms with Gasteiger partial charge in [0, 0.05) is 22.8 Å². The molecule has 1 aliphatic heterocycles. The van der Waals surface area contributed by atoms with Gasteiger partial charge in [-0.05, 0) is 42.0 Å². The van der Waals surface area contributed by atoms with Crippen molar-refractivity contribution in [3.8, 4) is 0 Å². The Morgan fingerprint density at radius 2 is 2.00 bits per heavy atom. The van der Waals surface area contributed by atoms with Crippen molar-refractivity contribution in [1.82, 2.24) is 4.90 Å².